The highest BCUT2D eigenvalue weighted by molar-refractivity contribution is 8.01. The minimum atomic E-state index is 0.0390. The molecule has 2 aromatic heterocycles. The zero-order chi connectivity index (χ0) is 20.5. The predicted octanol–water partition coefficient (Wildman–Crippen LogP) is 6.20. The van der Waals surface area contributed by atoms with Crippen LogP contribution in [0.5, 0.6) is 0 Å². The Bertz CT molecular complexity index is 1170. The Balaban J connectivity index is 1.83. The van der Waals surface area contributed by atoms with Crippen molar-refractivity contribution in [1.29, 1.82) is 0 Å². The molecule has 0 unspecified atom stereocenters. The first-order valence-corrected chi connectivity index (χ1v) is 10.5. The van der Waals surface area contributed by atoms with Gasteiger partial charge in [0.05, 0.1) is 16.7 Å². The molecule has 0 bridgehead atoms. The van der Waals surface area contributed by atoms with Crippen molar-refractivity contribution in [2.45, 2.75) is 32.9 Å². The molecular weight excluding hydrogens is 380 g/mol. The molecule has 0 radical (unpaired) electrons. The van der Waals surface area contributed by atoms with Gasteiger partial charge in [0, 0.05) is 27.8 Å². The van der Waals surface area contributed by atoms with E-state index in [9.17, 15) is 4.79 Å². The molecule has 4 aromatic rings. The van der Waals surface area contributed by atoms with Crippen molar-refractivity contribution < 1.29 is 4.79 Å². The van der Waals surface area contributed by atoms with Gasteiger partial charge in [-0.05, 0) is 49.6 Å². The quantitative estimate of drug-likeness (QED) is 0.264. The Morgan fingerprint density at radius 1 is 1.10 bits per heavy atom. The number of anilines is 1. The molecule has 3 N–H and O–H groups in total. The van der Waals surface area contributed by atoms with E-state index in [1.165, 1.54) is 0 Å². The zero-order valence-electron chi connectivity index (χ0n) is 17.0. The Hall–Kier alpha value is -2.99. The van der Waals surface area contributed by atoms with Crippen molar-refractivity contribution >= 4 is 34.5 Å². The number of Topliss-reactive ketones (excluding diaryl/α,β-unsaturated/α-hetero) is 1. The summed E-state index contributed by atoms with van der Waals surface area (Å²) < 4.78 is 3.37. The van der Waals surface area contributed by atoms with Crippen LogP contribution in [0.15, 0.2) is 48.5 Å². The number of aromatic nitrogens is 3. The lowest BCUT2D eigenvalue weighted by Crippen LogP contribution is -1.95. The third-order valence-corrected chi connectivity index (χ3v) is 5.56. The van der Waals surface area contributed by atoms with Crippen LogP contribution in [0.4, 0.5) is 5.69 Å². The first-order chi connectivity index (χ1) is 13.9. The number of carbonyl (C=O) groups excluding carboxylic acids is 1. The summed E-state index contributed by atoms with van der Waals surface area (Å²) in [6.07, 6.45) is 0. The van der Waals surface area contributed by atoms with E-state index in [0.717, 1.165) is 45.1 Å². The van der Waals surface area contributed by atoms with E-state index >= 15 is 0 Å². The Morgan fingerprint density at radius 2 is 1.86 bits per heavy atom. The van der Waals surface area contributed by atoms with E-state index in [-0.39, 0.29) is 5.78 Å². The second-order valence-corrected chi connectivity index (χ2v) is 8.77. The molecule has 0 spiro atoms. The first-order valence-electron chi connectivity index (χ1n) is 9.64. The van der Waals surface area contributed by atoms with E-state index in [2.05, 4.69) is 34.6 Å². The molecule has 6 heteroatoms. The zero-order valence-corrected chi connectivity index (χ0v) is 17.8. The lowest BCUT2D eigenvalue weighted by Gasteiger charge is -2.07. The van der Waals surface area contributed by atoms with Crippen LogP contribution in [0.1, 0.15) is 36.8 Å². The van der Waals surface area contributed by atoms with Crippen molar-refractivity contribution in [2.75, 3.05) is 4.72 Å². The molecule has 0 atom stereocenters. The van der Waals surface area contributed by atoms with E-state index in [0.29, 0.717) is 10.8 Å². The maximum absolute atomic E-state index is 12.4. The van der Waals surface area contributed by atoms with Crippen molar-refractivity contribution in [3.05, 3.63) is 59.8 Å². The molecule has 0 aliphatic rings. The highest BCUT2D eigenvalue weighted by Crippen LogP contribution is 2.36. The summed E-state index contributed by atoms with van der Waals surface area (Å²) in [5.74, 6) is 0.764. The van der Waals surface area contributed by atoms with Crippen LogP contribution in [0, 0.1) is 6.92 Å². The summed E-state index contributed by atoms with van der Waals surface area (Å²) in [4.78, 5) is 24.0. The summed E-state index contributed by atoms with van der Waals surface area (Å²) in [6.45, 7) is 7.83. The van der Waals surface area contributed by atoms with Gasteiger partial charge in [0.1, 0.15) is 0 Å². The number of nitrogens with zero attached hydrogens (tertiary/aromatic N) is 1. The Labute approximate surface area is 174 Å². The molecule has 2 heterocycles. The largest absolute Gasteiger partial charge is 0.355 e. The van der Waals surface area contributed by atoms with Crippen molar-refractivity contribution in [3.63, 3.8) is 0 Å². The number of aromatic amines is 2. The average molecular weight is 405 g/mol. The number of nitrogens with one attached hydrogen (secondary N) is 3. The molecule has 0 amide bonds. The van der Waals surface area contributed by atoms with Crippen LogP contribution in [-0.4, -0.2) is 26.0 Å². The summed E-state index contributed by atoms with van der Waals surface area (Å²) in [6, 6.07) is 16.1. The summed E-state index contributed by atoms with van der Waals surface area (Å²) in [7, 11) is 0. The number of H-pyrrole nitrogens is 2. The number of hydrogen-bond donors (Lipinski definition) is 3. The molecule has 5 nitrogen and oxygen atoms in total. The van der Waals surface area contributed by atoms with Gasteiger partial charge in [0.25, 0.3) is 0 Å². The minimum Gasteiger partial charge on any atom is -0.355 e. The molecule has 0 saturated heterocycles. The van der Waals surface area contributed by atoms with Crippen LogP contribution in [0.25, 0.3) is 33.7 Å². The lowest BCUT2D eigenvalue weighted by molar-refractivity contribution is 0.101. The molecule has 0 saturated carbocycles. The van der Waals surface area contributed by atoms with Crippen molar-refractivity contribution in [2.24, 2.45) is 0 Å². The van der Waals surface area contributed by atoms with Gasteiger partial charge >= 0.3 is 0 Å². The monoisotopic (exact) mass is 404 g/mol. The predicted molar refractivity (Wildman–Crippen MR) is 122 cm³/mol. The fraction of sp³-hybridized carbons (Fsp3) is 0.217. The number of aryl methyl sites for hydroxylation is 1. The van der Waals surface area contributed by atoms with E-state index in [1.54, 1.807) is 18.9 Å². The highest BCUT2D eigenvalue weighted by atomic mass is 32.2. The molecule has 148 valence electrons. The number of benzene rings is 2. The van der Waals surface area contributed by atoms with Crippen LogP contribution in [-0.2, 0) is 0 Å². The SMILES string of the molecule is CC(=O)c1c(C)[nH]c(-c2nc3ccc(NSC(C)C)cc3[nH]2)c1-c1ccccc1. The Morgan fingerprint density at radius 3 is 2.55 bits per heavy atom. The number of fused-ring (bicyclic) bond motifs is 1. The number of imidazole rings is 1. The summed E-state index contributed by atoms with van der Waals surface area (Å²) in [5, 5.41) is 0.489. The maximum Gasteiger partial charge on any atom is 0.162 e. The van der Waals surface area contributed by atoms with Gasteiger partial charge in [0.15, 0.2) is 11.6 Å². The minimum absolute atomic E-state index is 0.0390. The fourth-order valence-electron chi connectivity index (χ4n) is 3.51. The molecule has 2 aromatic carbocycles. The number of hydrogen-bond acceptors (Lipinski definition) is 4. The van der Waals surface area contributed by atoms with Crippen molar-refractivity contribution in [3.8, 4) is 22.6 Å². The third-order valence-electron chi connectivity index (χ3n) is 4.73. The van der Waals surface area contributed by atoms with Gasteiger partial charge in [-0.15, -0.1) is 0 Å². The topological polar surface area (TPSA) is 73.6 Å². The second-order valence-electron chi connectivity index (χ2n) is 7.38. The fourth-order valence-corrected chi connectivity index (χ4v) is 4.01. The van der Waals surface area contributed by atoms with Crippen molar-refractivity contribution in [1.82, 2.24) is 15.0 Å². The lowest BCUT2D eigenvalue weighted by atomic mass is 9.98. The number of ketones is 1. The first kappa shape index (κ1) is 19.3. The highest BCUT2D eigenvalue weighted by Gasteiger charge is 2.22. The van der Waals surface area contributed by atoms with Crippen LogP contribution < -0.4 is 4.72 Å². The van der Waals surface area contributed by atoms with Crippen LogP contribution >= 0.6 is 11.9 Å². The second kappa shape index (κ2) is 7.79. The van der Waals surface area contributed by atoms with E-state index < -0.39 is 0 Å². The summed E-state index contributed by atoms with van der Waals surface area (Å²) >= 11 is 1.68. The average Bonchev–Trinajstić information content (AvgIpc) is 3.27. The van der Waals surface area contributed by atoms with Crippen LogP contribution in [0.2, 0.25) is 0 Å². The van der Waals surface area contributed by atoms with Gasteiger partial charge in [-0.3, -0.25) is 4.79 Å². The smallest absolute Gasteiger partial charge is 0.162 e. The molecule has 0 aliphatic carbocycles. The summed E-state index contributed by atoms with van der Waals surface area (Å²) in [5.41, 5.74) is 7.14. The molecule has 0 fully saturated rings. The Kier molecular flexibility index (Phi) is 5.20. The number of rotatable bonds is 6. The number of carbonyl (C=O) groups is 1. The van der Waals surface area contributed by atoms with Gasteiger partial charge in [0.2, 0.25) is 0 Å². The van der Waals surface area contributed by atoms with E-state index in [1.807, 2.05) is 49.4 Å². The van der Waals surface area contributed by atoms with Gasteiger partial charge in [-0.25, -0.2) is 4.98 Å². The maximum atomic E-state index is 12.4. The van der Waals surface area contributed by atoms with E-state index in [4.69, 9.17) is 4.98 Å². The standard InChI is InChI=1S/C23H24N4OS/c1-13(2)29-27-17-10-11-18-19(12-17)26-23(25-18)22-21(16-8-6-5-7-9-16)20(15(4)28)14(3)24-22/h5-13,24,27H,1-4H3,(H,25,26). The molecular formula is C23H24N4OS. The van der Waals surface area contributed by atoms with Gasteiger partial charge in [-0.2, -0.15) is 0 Å². The molecule has 29 heavy (non-hydrogen) atoms. The third kappa shape index (κ3) is 3.80. The van der Waals surface area contributed by atoms with Crippen LogP contribution in [0.3, 0.4) is 0 Å². The normalized spacial score (nSPS) is 11.3. The van der Waals surface area contributed by atoms with Gasteiger partial charge < -0.3 is 14.7 Å². The molecule has 0 aliphatic heterocycles. The van der Waals surface area contributed by atoms with Gasteiger partial charge in [-0.1, -0.05) is 44.2 Å². The molecule has 4 rings (SSSR count).